The zero-order chi connectivity index (χ0) is 17.3. The van der Waals surface area contributed by atoms with Gasteiger partial charge in [0.05, 0.1) is 33.4 Å². The Balaban J connectivity index is 1.86. The third kappa shape index (κ3) is 3.18. The van der Waals surface area contributed by atoms with Crippen molar-refractivity contribution in [1.29, 1.82) is 0 Å². The molecule has 0 unspecified atom stereocenters. The molecular weight excluding hydrogens is 424 g/mol. The highest BCUT2D eigenvalue weighted by Gasteiger charge is 2.18. The van der Waals surface area contributed by atoms with Gasteiger partial charge in [-0.1, -0.05) is 18.2 Å². The van der Waals surface area contributed by atoms with Crippen molar-refractivity contribution in [3.8, 4) is 0 Å². The average molecular weight is 439 g/mol. The number of carbonyl (C=O) groups excluding carboxylic acids is 1. The third-order valence-corrected chi connectivity index (χ3v) is 4.54. The zero-order valence-corrected chi connectivity index (χ0v) is 15.3. The van der Waals surface area contributed by atoms with E-state index in [1.165, 1.54) is 6.07 Å². The molecule has 0 saturated carbocycles. The van der Waals surface area contributed by atoms with E-state index in [1.807, 2.05) is 29.5 Å². The summed E-state index contributed by atoms with van der Waals surface area (Å²) in [6, 6.07) is 6.57. The lowest BCUT2D eigenvalue weighted by molar-refractivity contribution is 0.102. The molecule has 0 aliphatic heterocycles. The number of carbonyl (C=O) groups is 1. The van der Waals surface area contributed by atoms with E-state index in [4.69, 9.17) is 0 Å². The Hall–Kier alpha value is -2.23. The van der Waals surface area contributed by atoms with E-state index in [9.17, 15) is 9.18 Å². The molecule has 124 valence electrons. The van der Waals surface area contributed by atoms with Crippen LogP contribution in [0.1, 0.15) is 27.4 Å². The van der Waals surface area contributed by atoms with Gasteiger partial charge in [0.25, 0.3) is 5.91 Å². The molecule has 8 heteroatoms. The minimum absolute atomic E-state index is 0.275. The average Bonchev–Trinajstić information content (AvgIpc) is 3.08. The molecule has 0 bridgehead atoms. The SMILES string of the molecule is Cc1nn(Cc2ccccc2F)c(C)c1NC(=O)c1[nH]ncc1I. The number of rotatable bonds is 4. The second-order valence-electron chi connectivity index (χ2n) is 5.34. The normalized spacial score (nSPS) is 10.8. The molecule has 24 heavy (non-hydrogen) atoms. The molecule has 1 amide bonds. The van der Waals surface area contributed by atoms with Crippen molar-refractivity contribution < 1.29 is 9.18 Å². The van der Waals surface area contributed by atoms with Crippen LogP contribution in [-0.4, -0.2) is 25.9 Å². The molecule has 2 aromatic heterocycles. The number of hydrogen-bond donors (Lipinski definition) is 2. The lowest BCUT2D eigenvalue weighted by atomic mass is 10.2. The number of aryl methyl sites for hydroxylation is 1. The monoisotopic (exact) mass is 439 g/mol. The van der Waals surface area contributed by atoms with Crippen molar-refractivity contribution in [2.45, 2.75) is 20.4 Å². The molecule has 0 saturated heterocycles. The lowest BCUT2D eigenvalue weighted by Crippen LogP contribution is -2.15. The van der Waals surface area contributed by atoms with Gasteiger partial charge in [0, 0.05) is 5.56 Å². The molecule has 0 spiro atoms. The molecule has 0 aliphatic rings. The Bertz CT molecular complexity index is 902. The molecule has 6 nitrogen and oxygen atoms in total. The largest absolute Gasteiger partial charge is 0.317 e. The molecule has 0 atom stereocenters. The van der Waals surface area contributed by atoms with Crippen LogP contribution >= 0.6 is 22.6 Å². The van der Waals surface area contributed by atoms with Gasteiger partial charge in [-0.2, -0.15) is 10.2 Å². The summed E-state index contributed by atoms with van der Waals surface area (Å²) in [5.74, 6) is -0.559. The molecule has 0 fully saturated rings. The second kappa shape index (κ2) is 6.71. The first-order chi connectivity index (χ1) is 11.5. The van der Waals surface area contributed by atoms with E-state index in [-0.39, 0.29) is 11.7 Å². The van der Waals surface area contributed by atoms with E-state index in [0.717, 1.165) is 9.26 Å². The van der Waals surface area contributed by atoms with Crippen LogP contribution in [0.25, 0.3) is 0 Å². The third-order valence-electron chi connectivity index (χ3n) is 3.72. The number of nitrogens with one attached hydrogen (secondary N) is 2. The number of benzene rings is 1. The fourth-order valence-electron chi connectivity index (χ4n) is 2.43. The topological polar surface area (TPSA) is 75.6 Å². The summed E-state index contributed by atoms with van der Waals surface area (Å²) >= 11 is 2.04. The molecule has 2 heterocycles. The van der Waals surface area contributed by atoms with Gasteiger partial charge in [-0.05, 0) is 42.5 Å². The molecule has 1 aromatic carbocycles. The summed E-state index contributed by atoms with van der Waals surface area (Å²) in [7, 11) is 0. The smallest absolute Gasteiger partial charge is 0.274 e. The van der Waals surface area contributed by atoms with Crippen LogP contribution < -0.4 is 5.32 Å². The fourth-order valence-corrected chi connectivity index (χ4v) is 2.93. The quantitative estimate of drug-likeness (QED) is 0.613. The Morgan fingerprint density at radius 1 is 1.38 bits per heavy atom. The molecule has 0 radical (unpaired) electrons. The second-order valence-corrected chi connectivity index (χ2v) is 6.50. The van der Waals surface area contributed by atoms with Crippen LogP contribution in [0.2, 0.25) is 0 Å². The number of anilines is 1. The molecule has 3 aromatic rings. The number of halogens is 2. The van der Waals surface area contributed by atoms with Gasteiger partial charge >= 0.3 is 0 Å². The lowest BCUT2D eigenvalue weighted by Gasteiger charge is -2.07. The first-order valence-electron chi connectivity index (χ1n) is 7.25. The number of amides is 1. The van der Waals surface area contributed by atoms with E-state index in [2.05, 4.69) is 20.6 Å². The Morgan fingerprint density at radius 2 is 2.12 bits per heavy atom. The van der Waals surface area contributed by atoms with Gasteiger partial charge in [0.15, 0.2) is 0 Å². The van der Waals surface area contributed by atoms with Crippen LogP contribution in [0.3, 0.4) is 0 Å². The van der Waals surface area contributed by atoms with E-state index in [0.29, 0.717) is 29.2 Å². The minimum atomic E-state index is -0.284. The van der Waals surface area contributed by atoms with Gasteiger partial charge in [-0.15, -0.1) is 0 Å². The highest BCUT2D eigenvalue weighted by atomic mass is 127. The summed E-state index contributed by atoms with van der Waals surface area (Å²) in [6.07, 6.45) is 1.58. The Morgan fingerprint density at radius 3 is 2.79 bits per heavy atom. The standard InChI is InChI=1S/C16H15FIN5O/c1-9-14(20-16(24)15-13(18)7-19-21-15)10(2)23(22-9)8-11-5-3-4-6-12(11)17/h3-7H,8H2,1-2H3,(H,19,21)(H,20,24). The van der Waals surface area contributed by atoms with Gasteiger partial charge in [0.2, 0.25) is 0 Å². The van der Waals surface area contributed by atoms with Gasteiger partial charge in [-0.3, -0.25) is 14.6 Å². The number of aromatic amines is 1. The van der Waals surface area contributed by atoms with E-state index < -0.39 is 0 Å². The van der Waals surface area contributed by atoms with Crippen molar-refractivity contribution in [2.24, 2.45) is 0 Å². The highest BCUT2D eigenvalue weighted by Crippen LogP contribution is 2.22. The number of aromatic nitrogens is 4. The van der Waals surface area contributed by atoms with Gasteiger partial charge in [0.1, 0.15) is 11.5 Å². The van der Waals surface area contributed by atoms with Crippen molar-refractivity contribution >= 4 is 34.2 Å². The number of hydrogen-bond acceptors (Lipinski definition) is 3. The number of nitrogens with zero attached hydrogens (tertiary/aromatic N) is 3. The van der Waals surface area contributed by atoms with Crippen LogP contribution in [0.15, 0.2) is 30.5 Å². The zero-order valence-electron chi connectivity index (χ0n) is 13.1. The highest BCUT2D eigenvalue weighted by molar-refractivity contribution is 14.1. The van der Waals surface area contributed by atoms with Crippen LogP contribution in [0.5, 0.6) is 0 Å². The Labute approximate surface area is 151 Å². The summed E-state index contributed by atoms with van der Waals surface area (Å²) in [4.78, 5) is 12.3. The predicted molar refractivity (Wildman–Crippen MR) is 96.5 cm³/mol. The summed E-state index contributed by atoms with van der Waals surface area (Å²) in [5, 5.41) is 13.8. The number of H-pyrrole nitrogens is 1. The maximum atomic E-state index is 13.8. The van der Waals surface area contributed by atoms with Gasteiger partial charge in [-0.25, -0.2) is 4.39 Å². The van der Waals surface area contributed by atoms with Crippen molar-refractivity contribution in [1.82, 2.24) is 20.0 Å². The first-order valence-corrected chi connectivity index (χ1v) is 8.33. The summed E-state index contributed by atoms with van der Waals surface area (Å²) in [5.41, 5.74) is 3.01. The molecular formula is C16H15FIN5O. The summed E-state index contributed by atoms with van der Waals surface area (Å²) in [6.45, 7) is 3.95. The van der Waals surface area contributed by atoms with Crippen molar-refractivity contribution in [3.63, 3.8) is 0 Å². The van der Waals surface area contributed by atoms with Crippen LogP contribution in [0, 0.1) is 23.2 Å². The maximum Gasteiger partial charge on any atom is 0.274 e. The Kier molecular flexibility index (Phi) is 4.65. The maximum absolute atomic E-state index is 13.8. The van der Waals surface area contributed by atoms with Crippen molar-refractivity contribution in [2.75, 3.05) is 5.32 Å². The molecule has 2 N–H and O–H groups in total. The van der Waals surface area contributed by atoms with E-state index in [1.54, 1.807) is 36.0 Å². The fraction of sp³-hybridized carbons (Fsp3) is 0.188. The predicted octanol–water partition coefficient (Wildman–Crippen LogP) is 3.27. The molecule has 3 rings (SSSR count). The van der Waals surface area contributed by atoms with E-state index >= 15 is 0 Å². The van der Waals surface area contributed by atoms with Crippen molar-refractivity contribution in [3.05, 3.63) is 62.5 Å². The first kappa shape index (κ1) is 16.6. The van der Waals surface area contributed by atoms with Crippen LogP contribution in [0.4, 0.5) is 10.1 Å². The summed E-state index contributed by atoms with van der Waals surface area (Å²) < 4.78 is 16.2. The van der Waals surface area contributed by atoms with Crippen LogP contribution in [-0.2, 0) is 6.54 Å². The van der Waals surface area contributed by atoms with Gasteiger partial charge < -0.3 is 5.32 Å². The molecule has 0 aliphatic carbocycles. The minimum Gasteiger partial charge on any atom is -0.317 e.